The van der Waals surface area contributed by atoms with Crippen LogP contribution in [0, 0.1) is 22.7 Å². The standard InChI is InChI=1S/C19H12BrN3O3/c20-15-6-4-13(5-7-15)19(26)16-3-1-2-14(8-17(24)25)18(16)23-11-12(9-21)10-22/h1-7,11,23H,8H2,(H,24,25). The Balaban J connectivity index is 2.54. The van der Waals surface area contributed by atoms with E-state index in [4.69, 9.17) is 15.6 Å². The molecule has 0 aromatic heterocycles. The first-order valence-corrected chi connectivity index (χ1v) is 8.16. The molecule has 2 N–H and O–H groups in total. The van der Waals surface area contributed by atoms with Gasteiger partial charge in [-0.1, -0.05) is 28.1 Å². The summed E-state index contributed by atoms with van der Waals surface area (Å²) in [4.78, 5) is 24.0. The highest BCUT2D eigenvalue weighted by molar-refractivity contribution is 9.10. The second-order valence-corrected chi connectivity index (χ2v) is 6.09. The number of aliphatic carboxylic acids is 1. The summed E-state index contributed by atoms with van der Waals surface area (Å²) in [6.07, 6.45) is 0.838. The molecule has 0 aliphatic rings. The van der Waals surface area contributed by atoms with E-state index in [9.17, 15) is 9.59 Å². The number of para-hydroxylation sites is 1. The zero-order valence-corrected chi connectivity index (χ0v) is 14.9. The number of benzene rings is 2. The second kappa shape index (κ2) is 8.61. The molecule has 2 rings (SSSR count). The molecule has 2 aromatic carbocycles. The number of hydrogen-bond donors (Lipinski definition) is 2. The van der Waals surface area contributed by atoms with Gasteiger partial charge in [-0.2, -0.15) is 10.5 Å². The minimum atomic E-state index is -1.06. The molecule has 0 aliphatic heterocycles. The van der Waals surface area contributed by atoms with E-state index in [-0.39, 0.29) is 29.0 Å². The SMILES string of the molecule is N#CC(C#N)=CNc1c(CC(=O)O)cccc1C(=O)c1ccc(Br)cc1. The van der Waals surface area contributed by atoms with Gasteiger partial charge in [-0.25, -0.2) is 0 Å². The average molecular weight is 410 g/mol. The molecular formula is C19H12BrN3O3. The van der Waals surface area contributed by atoms with Gasteiger partial charge in [0.05, 0.1) is 12.1 Å². The van der Waals surface area contributed by atoms with E-state index in [1.807, 2.05) is 0 Å². The Bertz CT molecular complexity index is 951. The van der Waals surface area contributed by atoms with Crippen molar-refractivity contribution < 1.29 is 14.7 Å². The summed E-state index contributed by atoms with van der Waals surface area (Å²) in [6.45, 7) is 0. The number of nitrogens with one attached hydrogen (secondary N) is 1. The maximum absolute atomic E-state index is 12.8. The Morgan fingerprint density at radius 2 is 1.77 bits per heavy atom. The molecule has 0 bridgehead atoms. The van der Waals surface area contributed by atoms with Crippen LogP contribution in [0.5, 0.6) is 0 Å². The molecule has 7 heteroatoms. The molecule has 0 radical (unpaired) electrons. The summed E-state index contributed by atoms with van der Waals surface area (Å²) in [7, 11) is 0. The number of ketones is 1. The third-order valence-corrected chi connectivity index (χ3v) is 3.97. The fourth-order valence-electron chi connectivity index (χ4n) is 2.26. The molecule has 2 aromatic rings. The third-order valence-electron chi connectivity index (χ3n) is 3.45. The lowest BCUT2D eigenvalue weighted by Crippen LogP contribution is -2.10. The minimum absolute atomic E-state index is 0.197. The van der Waals surface area contributed by atoms with Crippen molar-refractivity contribution in [3.63, 3.8) is 0 Å². The number of carbonyl (C=O) groups excluding carboxylic acids is 1. The maximum atomic E-state index is 12.8. The van der Waals surface area contributed by atoms with Crippen LogP contribution in [-0.4, -0.2) is 16.9 Å². The molecule has 6 nitrogen and oxygen atoms in total. The van der Waals surface area contributed by atoms with Crippen molar-refractivity contribution in [2.45, 2.75) is 6.42 Å². The van der Waals surface area contributed by atoms with Gasteiger partial charge in [0.25, 0.3) is 0 Å². The predicted octanol–water partition coefficient (Wildman–Crippen LogP) is 3.65. The highest BCUT2D eigenvalue weighted by atomic mass is 79.9. The number of hydrogen-bond acceptors (Lipinski definition) is 5. The zero-order chi connectivity index (χ0) is 19.1. The first-order valence-electron chi connectivity index (χ1n) is 7.37. The molecule has 0 aliphatic carbocycles. The summed E-state index contributed by atoms with van der Waals surface area (Å²) < 4.78 is 0.822. The third kappa shape index (κ3) is 4.56. The van der Waals surface area contributed by atoms with Crippen LogP contribution in [0.3, 0.4) is 0 Å². The quantitative estimate of drug-likeness (QED) is 0.555. The highest BCUT2D eigenvalue weighted by Gasteiger charge is 2.17. The van der Waals surface area contributed by atoms with Crippen LogP contribution in [0.1, 0.15) is 21.5 Å². The predicted molar refractivity (Wildman–Crippen MR) is 98.3 cm³/mol. The first kappa shape index (κ1) is 18.9. The topological polar surface area (TPSA) is 114 Å². The van der Waals surface area contributed by atoms with Crippen LogP contribution in [-0.2, 0) is 11.2 Å². The van der Waals surface area contributed by atoms with Gasteiger partial charge in [0, 0.05) is 21.8 Å². The Hall–Kier alpha value is -3.42. The van der Waals surface area contributed by atoms with E-state index in [0.717, 1.165) is 10.7 Å². The molecular weight excluding hydrogens is 398 g/mol. The highest BCUT2D eigenvalue weighted by Crippen LogP contribution is 2.26. The molecule has 0 amide bonds. The number of allylic oxidation sites excluding steroid dienone is 1. The van der Waals surface area contributed by atoms with Gasteiger partial charge in [0.15, 0.2) is 5.78 Å². The zero-order valence-electron chi connectivity index (χ0n) is 13.4. The van der Waals surface area contributed by atoms with Gasteiger partial charge in [0.2, 0.25) is 0 Å². The van der Waals surface area contributed by atoms with Crippen molar-refractivity contribution >= 4 is 33.4 Å². The van der Waals surface area contributed by atoms with Gasteiger partial charge in [-0.15, -0.1) is 0 Å². The smallest absolute Gasteiger partial charge is 0.307 e. The summed E-state index contributed by atoms with van der Waals surface area (Å²) >= 11 is 3.30. The van der Waals surface area contributed by atoms with Crippen molar-refractivity contribution in [3.05, 3.63) is 75.4 Å². The monoisotopic (exact) mass is 409 g/mol. The molecule has 0 heterocycles. The average Bonchev–Trinajstić information content (AvgIpc) is 2.63. The number of rotatable bonds is 6. The van der Waals surface area contributed by atoms with Crippen LogP contribution < -0.4 is 5.32 Å². The van der Waals surface area contributed by atoms with Gasteiger partial charge in [-0.05, 0) is 35.9 Å². The Morgan fingerprint density at radius 1 is 1.12 bits per heavy atom. The van der Waals surface area contributed by atoms with Crippen molar-refractivity contribution in [1.29, 1.82) is 10.5 Å². The van der Waals surface area contributed by atoms with Crippen LogP contribution in [0.25, 0.3) is 0 Å². The number of nitriles is 2. The Kier molecular flexibility index (Phi) is 6.26. The van der Waals surface area contributed by atoms with E-state index >= 15 is 0 Å². The molecule has 0 saturated carbocycles. The molecule has 0 spiro atoms. The van der Waals surface area contributed by atoms with Crippen molar-refractivity contribution in [3.8, 4) is 12.1 Å². The van der Waals surface area contributed by atoms with E-state index < -0.39 is 5.97 Å². The Morgan fingerprint density at radius 3 is 2.35 bits per heavy atom. The van der Waals surface area contributed by atoms with E-state index in [1.165, 1.54) is 0 Å². The van der Waals surface area contributed by atoms with Gasteiger partial charge >= 0.3 is 5.97 Å². The van der Waals surface area contributed by atoms with Crippen LogP contribution in [0.2, 0.25) is 0 Å². The van der Waals surface area contributed by atoms with E-state index in [1.54, 1.807) is 54.6 Å². The number of carbonyl (C=O) groups is 2. The molecule has 0 unspecified atom stereocenters. The minimum Gasteiger partial charge on any atom is -0.481 e. The molecule has 0 fully saturated rings. The Labute approximate surface area is 158 Å². The van der Waals surface area contributed by atoms with Gasteiger partial charge < -0.3 is 10.4 Å². The summed E-state index contributed by atoms with van der Waals surface area (Å²) in [5.41, 5.74) is 1.10. The van der Waals surface area contributed by atoms with E-state index in [0.29, 0.717) is 11.1 Å². The maximum Gasteiger partial charge on any atom is 0.307 e. The van der Waals surface area contributed by atoms with E-state index in [2.05, 4.69) is 21.2 Å². The largest absolute Gasteiger partial charge is 0.481 e. The number of anilines is 1. The second-order valence-electron chi connectivity index (χ2n) is 5.17. The number of carboxylic acid groups (broad SMARTS) is 1. The van der Waals surface area contributed by atoms with Gasteiger partial charge in [-0.3, -0.25) is 9.59 Å². The van der Waals surface area contributed by atoms with Crippen LogP contribution in [0.15, 0.2) is 58.7 Å². The number of carboxylic acids is 1. The van der Waals surface area contributed by atoms with Crippen molar-refractivity contribution in [2.75, 3.05) is 5.32 Å². The lowest BCUT2D eigenvalue weighted by Gasteiger charge is -2.13. The molecule has 128 valence electrons. The first-order chi connectivity index (χ1) is 12.5. The van der Waals surface area contributed by atoms with Gasteiger partial charge in [0.1, 0.15) is 17.7 Å². The number of halogens is 1. The summed E-state index contributed by atoms with van der Waals surface area (Å²) in [5.74, 6) is -1.37. The molecule has 0 atom stereocenters. The van der Waals surface area contributed by atoms with Crippen LogP contribution >= 0.6 is 15.9 Å². The lowest BCUT2D eigenvalue weighted by molar-refractivity contribution is -0.136. The summed E-state index contributed by atoms with van der Waals surface area (Å²) in [5, 5.41) is 29.6. The van der Waals surface area contributed by atoms with Crippen molar-refractivity contribution in [2.24, 2.45) is 0 Å². The fraction of sp³-hybridized carbons (Fsp3) is 0.0526. The van der Waals surface area contributed by atoms with Crippen LogP contribution in [0.4, 0.5) is 5.69 Å². The lowest BCUT2D eigenvalue weighted by atomic mass is 9.97. The van der Waals surface area contributed by atoms with Crippen molar-refractivity contribution in [1.82, 2.24) is 0 Å². The molecule has 26 heavy (non-hydrogen) atoms. The molecule has 0 saturated heterocycles. The fourth-order valence-corrected chi connectivity index (χ4v) is 2.53. The normalized spacial score (nSPS) is 9.50. The number of nitrogens with zero attached hydrogens (tertiary/aromatic N) is 2. The summed E-state index contributed by atoms with van der Waals surface area (Å²) in [6, 6.07) is 14.9.